The Bertz CT molecular complexity index is 848. The average Bonchev–Trinajstić information content (AvgIpc) is 2.78. The number of carbonyl (C=O) groups is 1. The van der Waals surface area contributed by atoms with Gasteiger partial charge in [0.25, 0.3) is 0 Å². The number of nitrogen functional groups attached to an aromatic ring is 1. The number of anilines is 2. The van der Waals surface area contributed by atoms with Crippen LogP contribution in [-0.2, 0) is 11.3 Å². The molecule has 0 saturated carbocycles. The fourth-order valence-electron chi connectivity index (χ4n) is 1.97. The van der Waals surface area contributed by atoms with Crippen molar-refractivity contribution in [3.05, 3.63) is 59.1 Å². The first-order valence-electron chi connectivity index (χ1n) is 6.33. The normalized spacial score (nSPS) is 10.7. The van der Waals surface area contributed by atoms with Crippen LogP contribution in [0.3, 0.4) is 0 Å². The molecule has 0 unspecified atom stereocenters. The molecule has 0 aliphatic heterocycles. The number of pyridine rings is 1. The largest absolute Gasteiger partial charge is 0.399 e. The van der Waals surface area contributed by atoms with E-state index in [1.165, 1.54) is 4.40 Å². The van der Waals surface area contributed by atoms with E-state index in [2.05, 4.69) is 10.4 Å². The Kier molecular flexibility index (Phi) is 3.15. The van der Waals surface area contributed by atoms with Crippen LogP contribution in [0.2, 0.25) is 0 Å². The van der Waals surface area contributed by atoms with Crippen LogP contribution in [0.25, 0.3) is 5.65 Å². The number of nitrogens with zero attached hydrogens (tertiary/aromatic N) is 3. The molecular weight excluding hydrogens is 270 g/mol. The van der Waals surface area contributed by atoms with Gasteiger partial charge < -0.3 is 11.1 Å². The van der Waals surface area contributed by atoms with Gasteiger partial charge in [-0.15, -0.1) is 5.10 Å². The van der Waals surface area contributed by atoms with E-state index in [1.807, 2.05) is 0 Å². The number of nitrogens with two attached hydrogens (primary N) is 1. The third kappa shape index (κ3) is 2.62. The number of fused-ring (bicyclic) bond motifs is 1. The predicted molar refractivity (Wildman–Crippen MR) is 78.9 cm³/mol. The lowest BCUT2D eigenvalue weighted by atomic mass is 10.3. The number of aromatic nitrogens is 3. The Labute approximate surface area is 119 Å². The molecule has 7 nitrogen and oxygen atoms in total. The highest BCUT2D eigenvalue weighted by Gasteiger charge is 2.10. The molecule has 0 radical (unpaired) electrons. The molecule has 3 N–H and O–H groups in total. The van der Waals surface area contributed by atoms with Crippen molar-refractivity contribution in [3.63, 3.8) is 0 Å². The van der Waals surface area contributed by atoms with Gasteiger partial charge in [0, 0.05) is 17.6 Å². The number of amides is 1. The van der Waals surface area contributed by atoms with E-state index >= 15 is 0 Å². The molecule has 21 heavy (non-hydrogen) atoms. The van der Waals surface area contributed by atoms with Gasteiger partial charge in [-0.1, -0.05) is 6.07 Å². The summed E-state index contributed by atoms with van der Waals surface area (Å²) in [6, 6.07) is 12.0. The van der Waals surface area contributed by atoms with Crippen molar-refractivity contribution in [1.82, 2.24) is 14.2 Å². The second kappa shape index (κ2) is 5.12. The van der Waals surface area contributed by atoms with Crippen LogP contribution in [0.4, 0.5) is 11.4 Å². The zero-order chi connectivity index (χ0) is 14.8. The van der Waals surface area contributed by atoms with E-state index in [9.17, 15) is 9.59 Å². The lowest BCUT2D eigenvalue weighted by Gasteiger charge is -2.04. The molecule has 0 aliphatic rings. The van der Waals surface area contributed by atoms with Crippen LogP contribution >= 0.6 is 0 Å². The molecule has 7 heteroatoms. The zero-order valence-corrected chi connectivity index (χ0v) is 11.1. The topological polar surface area (TPSA) is 94.4 Å². The molecule has 1 amide bonds. The lowest BCUT2D eigenvalue weighted by molar-refractivity contribution is -0.117. The van der Waals surface area contributed by atoms with E-state index in [1.54, 1.807) is 48.7 Å². The Morgan fingerprint density at radius 2 is 1.95 bits per heavy atom. The van der Waals surface area contributed by atoms with Crippen LogP contribution in [0.5, 0.6) is 0 Å². The van der Waals surface area contributed by atoms with Crippen molar-refractivity contribution < 1.29 is 4.79 Å². The first kappa shape index (κ1) is 12.9. The minimum Gasteiger partial charge on any atom is -0.399 e. The average molecular weight is 283 g/mol. The van der Waals surface area contributed by atoms with Gasteiger partial charge in [0.15, 0.2) is 5.65 Å². The van der Waals surface area contributed by atoms with Crippen LogP contribution in [0, 0.1) is 0 Å². The highest BCUT2D eigenvalue weighted by molar-refractivity contribution is 5.90. The number of benzene rings is 1. The van der Waals surface area contributed by atoms with Crippen molar-refractivity contribution in [2.45, 2.75) is 6.54 Å². The zero-order valence-electron chi connectivity index (χ0n) is 11.1. The molecule has 3 aromatic rings. The molecule has 2 aromatic heterocycles. The van der Waals surface area contributed by atoms with Crippen LogP contribution in [0.15, 0.2) is 53.5 Å². The maximum atomic E-state index is 12.0. The molecule has 0 spiro atoms. The fourth-order valence-corrected chi connectivity index (χ4v) is 1.97. The number of nitrogens with one attached hydrogen (secondary N) is 1. The molecule has 2 heterocycles. The van der Waals surface area contributed by atoms with Crippen molar-refractivity contribution >= 4 is 22.9 Å². The van der Waals surface area contributed by atoms with Crippen molar-refractivity contribution in [2.24, 2.45) is 0 Å². The van der Waals surface area contributed by atoms with Crippen LogP contribution < -0.4 is 16.7 Å². The van der Waals surface area contributed by atoms with E-state index < -0.39 is 0 Å². The highest BCUT2D eigenvalue weighted by Crippen LogP contribution is 2.10. The Balaban J connectivity index is 1.78. The highest BCUT2D eigenvalue weighted by atomic mass is 16.2. The van der Waals surface area contributed by atoms with Gasteiger partial charge >= 0.3 is 5.69 Å². The van der Waals surface area contributed by atoms with Crippen LogP contribution in [-0.4, -0.2) is 20.1 Å². The quantitative estimate of drug-likeness (QED) is 0.692. The van der Waals surface area contributed by atoms with E-state index in [0.29, 0.717) is 17.0 Å². The molecule has 106 valence electrons. The summed E-state index contributed by atoms with van der Waals surface area (Å²) in [7, 11) is 0. The second-order valence-electron chi connectivity index (χ2n) is 4.54. The second-order valence-corrected chi connectivity index (χ2v) is 4.54. The molecule has 0 bridgehead atoms. The Morgan fingerprint density at radius 3 is 2.67 bits per heavy atom. The first-order valence-corrected chi connectivity index (χ1v) is 6.33. The summed E-state index contributed by atoms with van der Waals surface area (Å²) < 4.78 is 2.51. The minimum atomic E-state index is -0.349. The van der Waals surface area contributed by atoms with Gasteiger partial charge in [0.05, 0.1) is 0 Å². The van der Waals surface area contributed by atoms with Gasteiger partial charge in [-0.3, -0.25) is 9.20 Å². The number of rotatable bonds is 3. The van der Waals surface area contributed by atoms with Gasteiger partial charge in [0.1, 0.15) is 6.54 Å². The summed E-state index contributed by atoms with van der Waals surface area (Å²) in [5.41, 5.74) is 6.96. The third-order valence-electron chi connectivity index (χ3n) is 2.98. The summed E-state index contributed by atoms with van der Waals surface area (Å²) in [6.07, 6.45) is 1.61. The van der Waals surface area contributed by atoms with Crippen molar-refractivity contribution in [2.75, 3.05) is 11.1 Å². The molecular formula is C14H13N5O2. The summed E-state index contributed by atoms with van der Waals surface area (Å²) in [5, 5.41) is 6.78. The molecule has 1 aromatic carbocycles. The first-order chi connectivity index (χ1) is 10.1. The predicted octanol–water partition coefficient (Wildman–Crippen LogP) is 0.717. The smallest absolute Gasteiger partial charge is 0.350 e. The fraction of sp³-hybridized carbons (Fsp3) is 0.0714. The molecule has 0 aliphatic carbocycles. The summed E-state index contributed by atoms with van der Waals surface area (Å²) in [6.45, 7) is -0.148. The molecule has 0 saturated heterocycles. The summed E-state index contributed by atoms with van der Waals surface area (Å²) >= 11 is 0. The summed E-state index contributed by atoms with van der Waals surface area (Å²) in [5.74, 6) is -0.328. The van der Waals surface area contributed by atoms with E-state index in [-0.39, 0.29) is 18.1 Å². The molecule has 3 rings (SSSR count). The number of carbonyl (C=O) groups excluding carboxylic acids is 1. The Hall–Kier alpha value is -3.09. The Morgan fingerprint density at radius 1 is 1.19 bits per heavy atom. The third-order valence-corrected chi connectivity index (χ3v) is 2.98. The lowest BCUT2D eigenvalue weighted by Crippen LogP contribution is -2.28. The SMILES string of the molecule is Nc1ccc(NC(=O)Cn2nc3ccccn3c2=O)cc1. The van der Waals surface area contributed by atoms with Gasteiger partial charge in [-0.2, -0.15) is 0 Å². The van der Waals surface area contributed by atoms with Gasteiger partial charge in [-0.25, -0.2) is 9.48 Å². The maximum absolute atomic E-state index is 12.0. The van der Waals surface area contributed by atoms with Gasteiger partial charge in [-0.05, 0) is 36.4 Å². The van der Waals surface area contributed by atoms with E-state index in [0.717, 1.165) is 4.68 Å². The maximum Gasteiger partial charge on any atom is 0.350 e. The number of hydrogen-bond acceptors (Lipinski definition) is 4. The molecule has 0 atom stereocenters. The van der Waals surface area contributed by atoms with Crippen molar-refractivity contribution in [3.8, 4) is 0 Å². The van der Waals surface area contributed by atoms with E-state index in [4.69, 9.17) is 5.73 Å². The van der Waals surface area contributed by atoms with Gasteiger partial charge in [0.2, 0.25) is 5.91 Å². The van der Waals surface area contributed by atoms with Crippen molar-refractivity contribution in [1.29, 1.82) is 0 Å². The standard InChI is InChI=1S/C14H13N5O2/c15-10-4-6-11(7-5-10)16-13(20)9-19-14(21)18-8-2-1-3-12(18)17-19/h1-8H,9,15H2,(H,16,20). The molecule has 0 fully saturated rings. The summed E-state index contributed by atoms with van der Waals surface area (Å²) in [4.78, 5) is 24.0. The van der Waals surface area contributed by atoms with Crippen LogP contribution in [0.1, 0.15) is 0 Å². The monoisotopic (exact) mass is 283 g/mol. The number of hydrogen-bond donors (Lipinski definition) is 2. The minimum absolute atomic E-state index is 0.148.